The second kappa shape index (κ2) is 8.07. The third-order valence-corrected chi connectivity index (χ3v) is 6.49. The average Bonchev–Trinajstić information content (AvgIpc) is 3.19. The van der Waals surface area contributed by atoms with E-state index in [4.69, 9.17) is 0 Å². The van der Waals surface area contributed by atoms with E-state index in [0.717, 1.165) is 24.1 Å². The largest absolute Gasteiger partial charge is 0.340 e. The summed E-state index contributed by atoms with van der Waals surface area (Å²) in [5.41, 5.74) is 3.63. The van der Waals surface area contributed by atoms with Crippen LogP contribution in [0.2, 0.25) is 0 Å². The van der Waals surface area contributed by atoms with Crippen LogP contribution in [0.1, 0.15) is 40.6 Å². The molecule has 3 aromatic rings. The molecule has 2 aromatic carbocycles. The van der Waals surface area contributed by atoms with E-state index in [1.807, 2.05) is 47.7 Å². The number of nitrogens with one attached hydrogen (secondary N) is 2. The molecule has 1 unspecified atom stereocenters. The molecule has 2 N–H and O–H groups in total. The molecular formula is C23H25N2OS+. The molecular weight excluding hydrogens is 352 g/mol. The van der Waals surface area contributed by atoms with Gasteiger partial charge in [-0.25, -0.2) is 0 Å². The van der Waals surface area contributed by atoms with Crippen LogP contribution in [0.15, 0.2) is 72.1 Å². The van der Waals surface area contributed by atoms with Gasteiger partial charge in [0.25, 0.3) is 5.91 Å². The molecule has 1 aliphatic rings. The predicted octanol–water partition coefficient (Wildman–Crippen LogP) is 3.16. The minimum atomic E-state index is -0.115. The Balaban J connectivity index is 1.49. The van der Waals surface area contributed by atoms with E-state index in [2.05, 4.69) is 48.0 Å². The van der Waals surface area contributed by atoms with Crippen LogP contribution in [0.5, 0.6) is 0 Å². The zero-order valence-electron chi connectivity index (χ0n) is 15.5. The number of fused-ring (bicyclic) bond motifs is 1. The highest BCUT2D eigenvalue weighted by atomic mass is 32.1. The molecule has 1 aromatic heterocycles. The Hall–Kier alpha value is -2.43. The number of quaternary nitrogens is 1. The fraction of sp³-hybridized carbons (Fsp3) is 0.261. The van der Waals surface area contributed by atoms with Crippen LogP contribution >= 0.6 is 11.3 Å². The fourth-order valence-corrected chi connectivity index (χ4v) is 4.94. The first-order valence-corrected chi connectivity index (χ1v) is 10.4. The number of amides is 1. The third-order valence-electron chi connectivity index (χ3n) is 5.49. The normalized spacial score (nSPS) is 18.9. The molecule has 3 nitrogen and oxygen atoms in total. The molecule has 27 heavy (non-hydrogen) atoms. The molecule has 4 heteroatoms. The number of rotatable bonds is 5. The Morgan fingerprint density at radius 1 is 1.07 bits per heavy atom. The second-order valence-electron chi connectivity index (χ2n) is 7.18. The maximum absolute atomic E-state index is 12.9. The SMILES string of the molecule is C[C@@H]1c2ccsc2CC[NH+]1CC(=O)NC(c1ccccc1)c1ccccc1. The maximum Gasteiger partial charge on any atom is 0.275 e. The lowest BCUT2D eigenvalue weighted by Gasteiger charge is -2.30. The van der Waals surface area contributed by atoms with Crippen molar-refractivity contribution in [1.29, 1.82) is 0 Å². The summed E-state index contributed by atoms with van der Waals surface area (Å²) in [6, 6.07) is 22.9. The molecule has 2 heterocycles. The van der Waals surface area contributed by atoms with Crippen molar-refractivity contribution >= 4 is 17.2 Å². The summed E-state index contributed by atoms with van der Waals surface area (Å²) in [5.74, 6) is 0.105. The van der Waals surface area contributed by atoms with E-state index in [1.165, 1.54) is 15.3 Å². The van der Waals surface area contributed by atoms with E-state index in [1.54, 1.807) is 0 Å². The van der Waals surface area contributed by atoms with Crippen LogP contribution in [-0.2, 0) is 11.2 Å². The van der Waals surface area contributed by atoms with E-state index in [0.29, 0.717) is 12.6 Å². The van der Waals surface area contributed by atoms with Gasteiger partial charge < -0.3 is 10.2 Å². The van der Waals surface area contributed by atoms with Gasteiger partial charge in [0.1, 0.15) is 6.04 Å². The summed E-state index contributed by atoms with van der Waals surface area (Å²) < 4.78 is 0. The highest BCUT2D eigenvalue weighted by Gasteiger charge is 2.30. The van der Waals surface area contributed by atoms with Gasteiger partial charge in [-0.15, -0.1) is 11.3 Å². The Morgan fingerprint density at radius 2 is 1.70 bits per heavy atom. The molecule has 0 aliphatic carbocycles. The lowest BCUT2D eigenvalue weighted by atomic mass is 9.98. The minimum Gasteiger partial charge on any atom is -0.340 e. The van der Waals surface area contributed by atoms with Crippen molar-refractivity contribution in [2.45, 2.75) is 25.4 Å². The summed E-state index contributed by atoms with van der Waals surface area (Å²) in [6.07, 6.45) is 1.07. The molecule has 0 saturated carbocycles. The monoisotopic (exact) mass is 377 g/mol. The van der Waals surface area contributed by atoms with Crippen molar-refractivity contribution < 1.29 is 9.69 Å². The highest BCUT2D eigenvalue weighted by Crippen LogP contribution is 2.25. The van der Waals surface area contributed by atoms with Crippen molar-refractivity contribution in [3.05, 3.63) is 93.7 Å². The molecule has 1 amide bonds. The Bertz CT molecular complexity index is 852. The Labute approximate surface area is 164 Å². The topological polar surface area (TPSA) is 33.5 Å². The van der Waals surface area contributed by atoms with Crippen molar-refractivity contribution in [1.82, 2.24) is 5.32 Å². The molecule has 0 bridgehead atoms. The van der Waals surface area contributed by atoms with E-state index in [-0.39, 0.29) is 11.9 Å². The van der Waals surface area contributed by atoms with Crippen molar-refractivity contribution in [3.63, 3.8) is 0 Å². The zero-order chi connectivity index (χ0) is 18.6. The van der Waals surface area contributed by atoms with Crippen molar-refractivity contribution in [2.24, 2.45) is 0 Å². The number of thiophene rings is 1. The van der Waals surface area contributed by atoms with Gasteiger partial charge >= 0.3 is 0 Å². The number of hydrogen-bond donors (Lipinski definition) is 2. The van der Waals surface area contributed by atoms with Gasteiger partial charge in [0.15, 0.2) is 6.54 Å². The average molecular weight is 378 g/mol. The fourth-order valence-electron chi connectivity index (χ4n) is 3.96. The van der Waals surface area contributed by atoms with Gasteiger partial charge in [-0.05, 0) is 29.5 Å². The summed E-state index contributed by atoms with van der Waals surface area (Å²) in [6.45, 7) is 3.76. The Morgan fingerprint density at radius 3 is 2.33 bits per heavy atom. The standard InChI is InChI=1S/C23H24N2OS/c1-17-20-13-15-27-21(20)12-14-25(17)16-22(26)24-23(18-8-4-2-5-9-18)19-10-6-3-7-11-19/h2-11,13,15,17,23H,12,14,16H2,1H3,(H,24,26)/p+1/t17-/m1/s1. The number of benzene rings is 2. The molecule has 0 fully saturated rings. The van der Waals surface area contributed by atoms with E-state index in [9.17, 15) is 4.79 Å². The van der Waals surface area contributed by atoms with Crippen LogP contribution in [0.4, 0.5) is 0 Å². The van der Waals surface area contributed by atoms with Crippen LogP contribution < -0.4 is 10.2 Å². The van der Waals surface area contributed by atoms with Gasteiger partial charge in [0.2, 0.25) is 0 Å². The third kappa shape index (κ3) is 3.97. The van der Waals surface area contributed by atoms with Gasteiger partial charge in [-0.1, -0.05) is 60.7 Å². The zero-order valence-corrected chi connectivity index (χ0v) is 16.3. The minimum absolute atomic E-state index is 0.105. The molecule has 0 spiro atoms. The first kappa shape index (κ1) is 18.0. The van der Waals surface area contributed by atoms with E-state index >= 15 is 0 Å². The van der Waals surface area contributed by atoms with Crippen molar-refractivity contribution in [2.75, 3.05) is 13.1 Å². The second-order valence-corrected chi connectivity index (χ2v) is 8.18. The maximum atomic E-state index is 12.9. The van der Waals surface area contributed by atoms with Gasteiger partial charge in [0, 0.05) is 16.9 Å². The smallest absolute Gasteiger partial charge is 0.275 e. The Kier molecular flexibility index (Phi) is 5.37. The van der Waals surface area contributed by atoms with E-state index < -0.39 is 0 Å². The van der Waals surface area contributed by atoms with Gasteiger partial charge in [0.05, 0.1) is 12.6 Å². The molecule has 4 rings (SSSR count). The number of carbonyl (C=O) groups excluding carboxylic acids is 1. The first-order valence-electron chi connectivity index (χ1n) is 9.52. The van der Waals surface area contributed by atoms with Crippen LogP contribution in [0.25, 0.3) is 0 Å². The summed E-state index contributed by atoms with van der Waals surface area (Å²) in [4.78, 5) is 15.8. The summed E-state index contributed by atoms with van der Waals surface area (Å²) in [7, 11) is 0. The molecule has 2 atom stereocenters. The molecule has 0 saturated heterocycles. The first-order chi connectivity index (χ1) is 13.2. The number of hydrogen-bond acceptors (Lipinski definition) is 2. The molecule has 1 aliphatic heterocycles. The number of carbonyl (C=O) groups is 1. The quantitative estimate of drug-likeness (QED) is 0.704. The lowest BCUT2D eigenvalue weighted by Crippen LogP contribution is -3.14. The van der Waals surface area contributed by atoms with Gasteiger partial charge in [-0.3, -0.25) is 4.79 Å². The lowest BCUT2D eigenvalue weighted by molar-refractivity contribution is -0.924. The van der Waals surface area contributed by atoms with Crippen LogP contribution in [-0.4, -0.2) is 19.0 Å². The summed E-state index contributed by atoms with van der Waals surface area (Å²) >= 11 is 1.84. The predicted molar refractivity (Wildman–Crippen MR) is 110 cm³/mol. The van der Waals surface area contributed by atoms with Crippen LogP contribution in [0.3, 0.4) is 0 Å². The highest BCUT2D eigenvalue weighted by molar-refractivity contribution is 7.10. The van der Waals surface area contributed by atoms with Crippen molar-refractivity contribution in [3.8, 4) is 0 Å². The molecule has 138 valence electrons. The van der Waals surface area contributed by atoms with Gasteiger partial charge in [-0.2, -0.15) is 0 Å². The molecule has 0 radical (unpaired) electrons. The van der Waals surface area contributed by atoms with Crippen LogP contribution in [0, 0.1) is 0 Å². The summed E-state index contributed by atoms with van der Waals surface area (Å²) in [5, 5.41) is 5.45.